The van der Waals surface area contributed by atoms with Crippen molar-refractivity contribution in [2.45, 2.75) is 44.6 Å². The van der Waals surface area contributed by atoms with Crippen LogP contribution in [0, 0.1) is 0 Å². The Bertz CT molecular complexity index is 619. The smallest absolute Gasteiger partial charge is 0.0668 e. The summed E-state index contributed by atoms with van der Waals surface area (Å²) < 4.78 is 0. The molecule has 4 rings (SSSR count). The topological polar surface area (TPSA) is 12.0 Å². The van der Waals surface area contributed by atoms with Crippen molar-refractivity contribution in [1.29, 1.82) is 0 Å². The Morgan fingerprint density at radius 3 is 2.60 bits per heavy atom. The van der Waals surface area contributed by atoms with Gasteiger partial charge in [-0.3, -0.25) is 0 Å². The zero-order chi connectivity index (χ0) is 13.5. The van der Waals surface area contributed by atoms with Crippen molar-refractivity contribution in [3.8, 4) is 0 Å². The summed E-state index contributed by atoms with van der Waals surface area (Å²) in [5.74, 6) is 0. The van der Waals surface area contributed by atoms with Gasteiger partial charge in [-0.1, -0.05) is 18.2 Å². The Kier molecular flexibility index (Phi) is 3.16. The van der Waals surface area contributed by atoms with Gasteiger partial charge in [-0.25, -0.2) is 0 Å². The van der Waals surface area contributed by atoms with Crippen molar-refractivity contribution < 1.29 is 0 Å². The molecule has 0 saturated heterocycles. The second kappa shape index (κ2) is 5.01. The van der Waals surface area contributed by atoms with Crippen molar-refractivity contribution in [2.24, 2.45) is 0 Å². The number of rotatable bonds is 3. The van der Waals surface area contributed by atoms with E-state index in [1.165, 1.54) is 49.0 Å². The summed E-state index contributed by atoms with van der Waals surface area (Å²) in [5.41, 5.74) is 6.18. The molecule has 1 heterocycles. The molecule has 1 unspecified atom stereocenters. The zero-order valence-electron chi connectivity index (χ0n) is 12.0. The number of hydrogen-bond donors (Lipinski definition) is 1. The van der Waals surface area contributed by atoms with Gasteiger partial charge in [0.25, 0.3) is 0 Å². The molecule has 2 aliphatic carbocycles. The van der Waals surface area contributed by atoms with Crippen LogP contribution >= 0.6 is 11.3 Å². The van der Waals surface area contributed by atoms with Crippen molar-refractivity contribution in [1.82, 2.24) is 5.32 Å². The number of hydrogen-bond acceptors (Lipinski definition) is 2. The lowest BCUT2D eigenvalue weighted by atomic mass is 10.00. The first-order chi connectivity index (χ1) is 9.85. The molecule has 0 spiro atoms. The predicted octanol–water partition coefficient (Wildman–Crippen LogP) is 4.03. The Morgan fingerprint density at radius 2 is 1.75 bits per heavy atom. The average molecular weight is 283 g/mol. The molecule has 20 heavy (non-hydrogen) atoms. The van der Waals surface area contributed by atoms with Gasteiger partial charge in [0.1, 0.15) is 0 Å². The van der Waals surface area contributed by atoms with E-state index in [0.717, 1.165) is 0 Å². The monoisotopic (exact) mass is 283 g/mol. The van der Waals surface area contributed by atoms with Gasteiger partial charge in [-0.05, 0) is 73.9 Å². The molecule has 2 aromatic rings. The first kappa shape index (κ1) is 12.6. The highest BCUT2D eigenvalue weighted by Gasteiger charge is 2.21. The van der Waals surface area contributed by atoms with Gasteiger partial charge < -0.3 is 5.32 Å². The minimum absolute atomic E-state index is 0.372. The molecule has 104 valence electrons. The summed E-state index contributed by atoms with van der Waals surface area (Å²) in [6, 6.07) is 9.94. The van der Waals surface area contributed by atoms with E-state index in [-0.39, 0.29) is 0 Å². The highest BCUT2D eigenvalue weighted by atomic mass is 32.1. The lowest BCUT2D eigenvalue weighted by Crippen LogP contribution is -2.16. The molecule has 2 heteroatoms. The number of fused-ring (bicyclic) bond motifs is 2. The van der Waals surface area contributed by atoms with Crippen LogP contribution in [-0.2, 0) is 25.7 Å². The van der Waals surface area contributed by atoms with Crippen molar-refractivity contribution >= 4 is 11.3 Å². The number of benzene rings is 1. The average Bonchev–Trinajstić information content (AvgIpc) is 3.13. The van der Waals surface area contributed by atoms with E-state index in [2.05, 4.69) is 36.6 Å². The molecule has 0 fully saturated rings. The largest absolute Gasteiger partial charge is 0.309 e. The lowest BCUT2D eigenvalue weighted by molar-refractivity contribution is 0.702. The third-order valence-corrected chi connectivity index (χ3v) is 6.10. The van der Waals surface area contributed by atoms with E-state index < -0.39 is 0 Å². The summed E-state index contributed by atoms with van der Waals surface area (Å²) in [7, 11) is 2.09. The van der Waals surface area contributed by atoms with Crippen molar-refractivity contribution in [3.63, 3.8) is 0 Å². The maximum atomic E-state index is 3.52. The van der Waals surface area contributed by atoms with Gasteiger partial charge in [0.2, 0.25) is 0 Å². The Labute approximate surface area is 125 Å². The third-order valence-electron chi connectivity index (χ3n) is 4.79. The third kappa shape index (κ3) is 2.02. The Hall–Kier alpha value is -1.12. The fourth-order valence-corrected chi connectivity index (χ4v) is 5.13. The molecule has 1 aromatic heterocycles. The fourth-order valence-electron chi connectivity index (χ4n) is 3.74. The minimum Gasteiger partial charge on any atom is -0.309 e. The summed E-state index contributed by atoms with van der Waals surface area (Å²) in [6.07, 6.45) is 7.79. The van der Waals surface area contributed by atoms with Crippen molar-refractivity contribution in [3.05, 3.63) is 56.3 Å². The molecule has 0 saturated carbocycles. The Balaban J connectivity index is 1.70. The van der Waals surface area contributed by atoms with Crippen LogP contribution in [0.1, 0.15) is 50.9 Å². The molecule has 0 radical (unpaired) electrons. The summed E-state index contributed by atoms with van der Waals surface area (Å²) in [4.78, 5) is 3.12. The normalized spacial score (nSPS) is 18.1. The second-order valence-corrected chi connectivity index (χ2v) is 7.22. The summed E-state index contributed by atoms with van der Waals surface area (Å²) >= 11 is 2.02. The number of nitrogens with one attached hydrogen (secondary N) is 1. The van der Waals surface area contributed by atoms with Gasteiger partial charge in [-0.2, -0.15) is 0 Å². The summed E-state index contributed by atoms with van der Waals surface area (Å²) in [6.45, 7) is 0. The number of thiophene rings is 1. The highest BCUT2D eigenvalue weighted by Crippen LogP contribution is 2.36. The number of aryl methyl sites for hydroxylation is 4. The van der Waals surface area contributed by atoms with Gasteiger partial charge in [0, 0.05) is 9.75 Å². The van der Waals surface area contributed by atoms with E-state index in [0.29, 0.717) is 6.04 Å². The summed E-state index contributed by atoms with van der Waals surface area (Å²) in [5, 5.41) is 3.52. The van der Waals surface area contributed by atoms with Crippen LogP contribution in [0.15, 0.2) is 24.3 Å². The molecule has 2 aliphatic rings. The van der Waals surface area contributed by atoms with Crippen LogP contribution in [0.2, 0.25) is 0 Å². The second-order valence-electron chi connectivity index (χ2n) is 6.05. The molecular formula is C18H21NS. The van der Waals surface area contributed by atoms with E-state index in [1.54, 1.807) is 21.6 Å². The van der Waals surface area contributed by atoms with E-state index in [9.17, 15) is 0 Å². The maximum Gasteiger partial charge on any atom is 0.0668 e. The van der Waals surface area contributed by atoms with Crippen LogP contribution in [0.4, 0.5) is 0 Å². The molecule has 1 nitrogen and oxygen atoms in total. The molecule has 1 aromatic carbocycles. The van der Waals surface area contributed by atoms with E-state index in [1.807, 2.05) is 11.3 Å². The van der Waals surface area contributed by atoms with Crippen LogP contribution in [0.3, 0.4) is 0 Å². The Morgan fingerprint density at radius 1 is 0.950 bits per heavy atom. The standard InChI is InChI=1S/C18H21NS/c1-19-18(17-11-14-6-3-7-16(14)20-17)15-9-8-12-4-2-5-13(12)10-15/h8-11,18-19H,2-7H2,1H3. The van der Waals surface area contributed by atoms with E-state index >= 15 is 0 Å². The van der Waals surface area contributed by atoms with E-state index in [4.69, 9.17) is 0 Å². The van der Waals surface area contributed by atoms with Crippen molar-refractivity contribution in [2.75, 3.05) is 7.05 Å². The fraction of sp³-hybridized carbons (Fsp3) is 0.444. The first-order valence-corrected chi connectivity index (χ1v) is 8.57. The SMILES string of the molecule is CNC(c1ccc2c(c1)CCC2)c1cc2c(s1)CCC2. The quantitative estimate of drug-likeness (QED) is 0.896. The maximum absolute atomic E-state index is 3.52. The van der Waals surface area contributed by atoms with Gasteiger partial charge >= 0.3 is 0 Å². The lowest BCUT2D eigenvalue weighted by Gasteiger charge is -2.16. The molecule has 1 N–H and O–H groups in total. The zero-order valence-corrected chi connectivity index (χ0v) is 12.9. The van der Waals surface area contributed by atoms with Crippen LogP contribution in [0.25, 0.3) is 0 Å². The van der Waals surface area contributed by atoms with Crippen LogP contribution in [0.5, 0.6) is 0 Å². The minimum atomic E-state index is 0.372. The molecule has 0 aliphatic heterocycles. The van der Waals surface area contributed by atoms with Gasteiger partial charge in [-0.15, -0.1) is 11.3 Å². The highest BCUT2D eigenvalue weighted by molar-refractivity contribution is 7.12. The van der Waals surface area contributed by atoms with Crippen LogP contribution in [-0.4, -0.2) is 7.05 Å². The molecule has 0 bridgehead atoms. The van der Waals surface area contributed by atoms with Gasteiger partial charge in [0.05, 0.1) is 6.04 Å². The molecule has 1 atom stereocenters. The molecular weight excluding hydrogens is 262 g/mol. The first-order valence-electron chi connectivity index (χ1n) is 7.75. The predicted molar refractivity (Wildman–Crippen MR) is 85.7 cm³/mol. The van der Waals surface area contributed by atoms with Crippen LogP contribution < -0.4 is 5.32 Å². The molecule has 0 amide bonds. The van der Waals surface area contributed by atoms with Gasteiger partial charge in [0.15, 0.2) is 0 Å².